The normalized spacial score (nSPS) is 16.8. The molecule has 2 rings (SSSR count). The zero-order valence-corrected chi connectivity index (χ0v) is 19.0. The number of hydrogen-bond donors (Lipinski definition) is 0. The average molecular weight is 419 g/mol. The summed E-state index contributed by atoms with van der Waals surface area (Å²) in [5.74, 6) is 1.46. The number of nitrogens with zero attached hydrogens (tertiary/aromatic N) is 2. The smallest absolute Gasteiger partial charge is 0.266 e. The minimum atomic E-state index is 0.0425. The second-order valence-corrected chi connectivity index (χ2v) is 8.06. The standard InChI is InChI=1S/C23H34N2O3S/c1-5-8-13-24-23-25(14-9-6-2)22(26)21(29-23)17-18-11-12-19(20(16-18)27-4)28-15-10-7-3/h11-12,16-17H,5-10,13-15H2,1-4H3. The molecule has 1 fully saturated rings. The van der Waals surface area contributed by atoms with Crippen molar-refractivity contribution in [2.24, 2.45) is 4.99 Å². The maximum absolute atomic E-state index is 13.0. The lowest BCUT2D eigenvalue weighted by Gasteiger charge is -2.14. The van der Waals surface area contributed by atoms with E-state index in [0.717, 1.165) is 68.1 Å². The van der Waals surface area contributed by atoms with Crippen LogP contribution in [0.3, 0.4) is 0 Å². The van der Waals surface area contributed by atoms with Gasteiger partial charge in [-0.25, -0.2) is 0 Å². The van der Waals surface area contributed by atoms with Gasteiger partial charge in [-0.2, -0.15) is 0 Å². The summed E-state index contributed by atoms with van der Waals surface area (Å²) in [4.78, 5) is 20.2. The summed E-state index contributed by atoms with van der Waals surface area (Å²) in [6, 6.07) is 5.80. The Labute approximate surface area is 179 Å². The predicted molar refractivity (Wildman–Crippen MR) is 123 cm³/mol. The first-order chi connectivity index (χ1) is 14.1. The van der Waals surface area contributed by atoms with Crippen LogP contribution in [-0.4, -0.2) is 42.8 Å². The summed E-state index contributed by atoms with van der Waals surface area (Å²) in [5.41, 5.74) is 0.922. The Morgan fingerprint density at radius 1 is 1.07 bits per heavy atom. The average Bonchev–Trinajstić information content (AvgIpc) is 3.02. The van der Waals surface area contributed by atoms with Gasteiger partial charge < -0.3 is 9.47 Å². The molecule has 0 bridgehead atoms. The van der Waals surface area contributed by atoms with Crippen molar-refractivity contribution in [3.8, 4) is 11.5 Å². The number of carbonyl (C=O) groups is 1. The number of ether oxygens (including phenoxy) is 2. The number of amidine groups is 1. The number of aliphatic imine (C=N–C) groups is 1. The number of unbranched alkanes of at least 4 members (excludes halogenated alkanes) is 3. The highest BCUT2D eigenvalue weighted by Gasteiger charge is 2.32. The molecule has 1 aromatic carbocycles. The molecule has 1 heterocycles. The van der Waals surface area contributed by atoms with Gasteiger partial charge in [0.15, 0.2) is 16.7 Å². The van der Waals surface area contributed by atoms with Crippen LogP contribution in [-0.2, 0) is 4.79 Å². The van der Waals surface area contributed by atoms with Crippen molar-refractivity contribution < 1.29 is 14.3 Å². The van der Waals surface area contributed by atoms with E-state index in [1.54, 1.807) is 7.11 Å². The molecule has 5 nitrogen and oxygen atoms in total. The zero-order valence-electron chi connectivity index (χ0n) is 18.2. The molecule has 0 aliphatic carbocycles. The Kier molecular flexibility index (Phi) is 10.1. The van der Waals surface area contributed by atoms with Gasteiger partial charge in [0, 0.05) is 13.1 Å². The molecule has 0 N–H and O–H groups in total. The molecule has 29 heavy (non-hydrogen) atoms. The van der Waals surface area contributed by atoms with Gasteiger partial charge in [-0.3, -0.25) is 14.7 Å². The number of amides is 1. The van der Waals surface area contributed by atoms with Gasteiger partial charge in [-0.05, 0) is 54.8 Å². The van der Waals surface area contributed by atoms with Crippen LogP contribution in [0.2, 0.25) is 0 Å². The maximum Gasteiger partial charge on any atom is 0.266 e. The Hall–Kier alpha value is -1.95. The van der Waals surface area contributed by atoms with Gasteiger partial charge in [-0.15, -0.1) is 0 Å². The predicted octanol–water partition coefficient (Wildman–Crippen LogP) is 5.75. The molecule has 1 saturated heterocycles. The summed E-state index contributed by atoms with van der Waals surface area (Å²) in [6.07, 6.45) is 8.18. The van der Waals surface area contributed by atoms with Crippen molar-refractivity contribution in [3.05, 3.63) is 28.7 Å². The lowest BCUT2D eigenvalue weighted by Crippen LogP contribution is -2.30. The Bertz CT molecular complexity index is 731. The number of methoxy groups -OCH3 is 1. The van der Waals surface area contributed by atoms with E-state index in [2.05, 4.69) is 25.8 Å². The lowest BCUT2D eigenvalue weighted by molar-refractivity contribution is -0.122. The van der Waals surface area contributed by atoms with Crippen molar-refractivity contribution in [1.82, 2.24) is 4.90 Å². The first-order valence-electron chi connectivity index (χ1n) is 10.7. The quantitative estimate of drug-likeness (QED) is 0.320. The second-order valence-electron chi connectivity index (χ2n) is 7.05. The molecular formula is C23H34N2O3S. The highest BCUT2D eigenvalue weighted by Crippen LogP contribution is 2.35. The fourth-order valence-corrected chi connectivity index (χ4v) is 3.87. The monoisotopic (exact) mass is 418 g/mol. The van der Waals surface area contributed by atoms with E-state index in [1.165, 1.54) is 11.8 Å². The van der Waals surface area contributed by atoms with Gasteiger partial charge in [0.2, 0.25) is 0 Å². The summed E-state index contributed by atoms with van der Waals surface area (Å²) in [6.45, 7) is 8.57. The minimum absolute atomic E-state index is 0.0425. The molecule has 0 saturated carbocycles. The number of thioether (sulfide) groups is 1. The van der Waals surface area contributed by atoms with Crippen LogP contribution in [0.25, 0.3) is 6.08 Å². The third-order valence-electron chi connectivity index (χ3n) is 4.62. The van der Waals surface area contributed by atoms with E-state index in [-0.39, 0.29) is 5.91 Å². The van der Waals surface area contributed by atoms with Crippen LogP contribution in [0.1, 0.15) is 64.9 Å². The first-order valence-corrected chi connectivity index (χ1v) is 11.5. The van der Waals surface area contributed by atoms with Gasteiger partial charge in [0.05, 0.1) is 18.6 Å². The van der Waals surface area contributed by atoms with Gasteiger partial charge in [0.25, 0.3) is 5.91 Å². The molecule has 0 atom stereocenters. The van der Waals surface area contributed by atoms with E-state index < -0.39 is 0 Å². The van der Waals surface area contributed by atoms with Crippen molar-refractivity contribution in [2.75, 3.05) is 26.8 Å². The van der Waals surface area contributed by atoms with Crippen molar-refractivity contribution >= 4 is 28.9 Å². The molecule has 0 spiro atoms. The largest absolute Gasteiger partial charge is 0.493 e. The molecular weight excluding hydrogens is 384 g/mol. The van der Waals surface area contributed by atoms with E-state index in [1.807, 2.05) is 29.2 Å². The fraction of sp³-hybridized carbons (Fsp3) is 0.565. The summed E-state index contributed by atoms with van der Waals surface area (Å²) in [5, 5.41) is 0.828. The van der Waals surface area contributed by atoms with Crippen molar-refractivity contribution in [2.45, 2.75) is 59.3 Å². The number of benzene rings is 1. The summed E-state index contributed by atoms with van der Waals surface area (Å²) in [7, 11) is 1.64. The molecule has 1 aliphatic rings. The van der Waals surface area contributed by atoms with Crippen LogP contribution >= 0.6 is 11.8 Å². The van der Waals surface area contributed by atoms with Gasteiger partial charge in [-0.1, -0.05) is 46.1 Å². The summed E-state index contributed by atoms with van der Waals surface area (Å²) < 4.78 is 11.3. The molecule has 160 valence electrons. The Balaban J connectivity index is 2.21. The zero-order chi connectivity index (χ0) is 21.1. The van der Waals surface area contributed by atoms with Crippen molar-refractivity contribution in [3.63, 3.8) is 0 Å². The van der Waals surface area contributed by atoms with Crippen molar-refractivity contribution in [1.29, 1.82) is 0 Å². The fourth-order valence-electron chi connectivity index (χ4n) is 2.84. The Morgan fingerprint density at radius 3 is 2.52 bits per heavy atom. The third-order valence-corrected chi connectivity index (χ3v) is 5.67. The minimum Gasteiger partial charge on any atom is -0.493 e. The van der Waals surface area contributed by atoms with E-state index in [4.69, 9.17) is 9.47 Å². The van der Waals surface area contributed by atoms with Crippen LogP contribution in [0.15, 0.2) is 28.1 Å². The number of hydrogen-bond acceptors (Lipinski definition) is 5. The lowest BCUT2D eigenvalue weighted by atomic mass is 10.2. The first kappa shape index (κ1) is 23.3. The number of rotatable bonds is 12. The third kappa shape index (κ3) is 6.81. The summed E-state index contributed by atoms with van der Waals surface area (Å²) >= 11 is 1.47. The molecule has 1 aliphatic heterocycles. The van der Waals surface area contributed by atoms with Crippen LogP contribution in [0.4, 0.5) is 0 Å². The van der Waals surface area contributed by atoms with E-state index >= 15 is 0 Å². The highest BCUT2D eigenvalue weighted by molar-refractivity contribution is 8.18. The molecule has 0 radical (unpaired) electrons. The van der Waals surface area contributed by atoms with Crippen LogP contribution in [0.5, 0.6) is 11.5 Å². The SMILES string of the molecule is CCCCN=C1SC(=Cc2ccc(OCCCC)c(OC)c2)C(=O)N1CCCC. The Morgan fingerprint density at radius 2 is 1.83 bits per heavy atom. The molecule has 0 unspecified atom stereocenters. The van der Waals surface area contributed by atoms with Crippen LogP contribution < -0.4 is 9.47 Å². The molecule has 0 aromatic heterocycles. The molecule has 1 aromatic rings. The molecule has 1 amide bonds. The maximum atomic E-state index is 13.0. The number of carbonyl (C=O) groups excluding carboxylic acids is 1. The van der Waals surface area contributed by atoms with Gasteiger partial charge >= 0.3 is 0 Å². The topological polar surface area (TPSA) is 51.1 Å². The van der Waals surface area contributed by atoms with E-state index in [0.29, 0.717) is 17.3 Å². The van der Waals surface area contributed by atoms with E-state index in [9.17, 15) is 4.79 Å². The highest BCUT2D eigenvalue weighted by atomic mass is 32.2. The molecule has 6 heteroatoms. The van der Waals surface area contributed by atoms with Crippen LogP contribution in [0, 0.1) is 0 Å². The second kappa shape index (κ2) is 12.6. The van der Waals surface area contributed by atoms with Gasteiger partial charge in [0.1, 0.15) is 0 Å².